The van der Waals surface area contributed by atoms with Gasteiger partial charge in [0.15, 0.2) is 0 Å². The van der Waals surface area contributed by atoms with Gasteiger partial charge in [-0.2, -0.15) is 0 Å². The minimum atomic E-state index is 0.160. The fraction of sp³-hybridized carbons (Fsp3) is 0.583. The van der Waals surface area contributed by atoms with Crippen molar-refractivity contribution >= 4 is 49.1 Å². The van der Waals surface area contributed by atoms with E-state index in [0.717, 1.165) is 32.6 Å². The first-order chi connectivity index (χ1) is 8.58. The van der Waals surface area contributed by atoms with Crippen molar-refractivity contribution in [2.75, 3.05) is 13.1 Å². The highest BCUT2D eigenvalue weighted by atomic mass is 79.9. The van der Waals surface area contributed by atoms with Crippen LogP contribution in [0.3, 0.4) is 0 Å². The highest BCUT2D eigenvalue weighted by molar-refractivity contribution is 9.12. The van der Waals surface area contributed by atoms with Gasteiger partial charge in [-0.15, -0.1) is 11.3 Å². The molecular weight excluding hydrogens is 380 g/mol. The van der Waals surface area contributed by atoms with Gasteiger partial charge in [0.2, 0.25) is 0 Å². The topological polar surface area (TPSA) is 32.3 Å². The number of nitrogens with one attached hydrogen (secondary N) is 1. The van der Waals surface area contributed by atoms with Crippen LogP contribution in [0.1, 0.15) is 23.7 Å². The van der Waals surface area contributed by atoms with E-state index < -0.39 is 0 Å². The van der Waals surface area contributed by atoms with E-state index in [1.807, 2.05) is 6.07 Å². The molecule has 3 heterocycles. The second-order valence-corrected chi connectivity index (χ2v) is 8.77. The van der Waals surface area contributed by atoms with Crippen molar-refractivity contribution in [1.29, 1.82) is 0 Å². The largest absolute Gasteiger partial charge is 0.331 e. The van der Waals surface area contributed by atoms with Crippen LogP contribution in [0.15, 0.2) is 13.6 Å². The average molecular weight is 394 g/mol. The molecule has 0 saturated carbocycles. The van der Waals surface area contributed by atoms with Gasteiger partial charge in [-0.3, -0.25) is 4.79 Å². The molecule has 0 aromatic carbocycles. The molecule has 3 atom stereocenters. The molecule has 3 nitrogen and oxygen atoms in total. The smallest absolute Gasteiger partial charge is 0.256 e. The lowest BCUT2D eigenvalue weighted by atomic mass is 10.0. The molecule has 98 valence electrons. The van der Waals surface area contributed by atoms with Gasteiger partial charge in [0.1, 0.15) is 0 Å². The van der Waals surface area contributed by atoms with Gasteiger partial charge in [-0.1, -0.05) is 0 Å². The summed E-state index contributed by atoms with van der Waals surface area (Å²) in [6.45, 7) is 4.14. The molecule has 1 aromatic rings. The van der Waals surface area contributed by atoms with Crippen LogP contribution in [0.25, 0.3) is 0 Å². The monoisotopic (exact) mass is 392 g/mol. The number of carbonyl (C=O) groups excluding carboxylic acids is 1. The predicted octanol–water partition coefficient (Wildman–Crippen LogP) is 3.10. The fourth-order valence-corrected chi connectivity index (χ4v) is 5.92. The van der Waals surface area contributed by atoms with Crippen molar-refractivity contribution in [3.05, 3.63) is 19.2 Å². The number of carbonyl (C=O) groups is 1. The second-order valence-electron chi connectivity index (χ2n) is 5.02. The van der Waals surface area contributed by atoms with Crippen molar-refractivity contribution < 1.29 is 4.79 Å². The Balaban J connectivity index is 1.90. The third-order valence-electron chi connectivity index (χ3n) is 3.90. The Kier molecular flexibility index (Phi) is 3.55. The van der Waals surface area contributed by atoms with E-state index in [-0.39, 0.29) is 5.91 Å². The Labute approximate surface area is 127 Å². The average Bonchev–Trinajstić information content (AvgIpc) is 2.92. The summed E-state index contributed by atoms with van der Waals surface area (Å²) in [5, 5.41) is 3.39. The van der Waals surface area contributed by atoms with Crippen LogP contribution in [0.4, 0.5) is 0 Å². The number of fused-ring (bicyclic) bond motifs is 1. The van der Waals surface area contributed by atoms with Gasteiger partial charge in [-0.25, -0.2) is 0 Å². The normalized spacial score (nSPS) is 30.8. The molecule has 2 aliphatic heterocycles. The molecule has 18 heavy (non-hydrogen) atoms. The minimum absolute atomic E-state index is 0.160. The summed E-state index contributed by atoms with van der Waals surface area (Å²) in [6.07, 6.45) is 1.12. The molecule has 2 aliphatic rings. The number of thiophene rings is 1. The van der Waals surface area contributed by atoms with Gasteiger partial charge in [0.25, 0.3) is 5.91 Å². The van der Waals surface area contributed by atoms with E-state index in [1.54, 1.807) is 11.3 Å². The Bertz CT molecular complexity index is 490. The zero-order chi connectivity index (χ0) is 12.9. The van der Waals surface area contributed by atoms with Crippen LogP contribution >= 0.6 is 43.2 Å². The maximum Gasteiger partial charge on any atom is 0.256 e. The van der Waals surface area contributed by atoms with E-state index in [4.69, 9.17) is 0 Å². The van der Waals surface area contributed by atoms with E-state index in [1.165, 1.54) is 0 Å². The summed E-state index contributed by atoms with van der Waals surface area (Å²) < 4.78 is 1.91. The predicted molar refractivity (Wildman–Crippen MR) is 80.1 cm³/mol. The summed E-state index contributed by atoms with van der Waals surface area (Å²) in [6, 6.07) is 2.64. The SMILES string of the molecule is CC1CC2CNCC2N1C(=O)c1cc(Br)sc1Br. The number of halogens is 2. The molecule has 1 amide bonds. The molecule has 0 radical (unpaired) electrons. The molecule has 3 unspecified atom stereocenters. The lowest BCUT2D eigenvalue weighted by Crippen LogP contribution is -2.42. The highest BCUT2D eigenvalue weighted by Gasteiger charge is 2.44. The van der Waals surface area contributed by atoms with Gasteiger partial charge in [0, 0.05) is 25.2 Å². The van der Waals surface area contributed by atoms with Crippen molar-refractivity contribution in [3.63, 3.8) is 0 Å². The standard InChI is InChI=1S/C12H14Br2N2OS/c1-6-2-7-4-15-5-9(7)16(6)12(17)8-3-10(13)18-11(8)14/h3,6-7,9,15H,2,4-5H2,1H3. The summed E-state index contributed by atoms with van der Waals surface area (Å²) in [4.78, 5) is 14.8. The highest BCUT2D eigenvalue weighted by Crippen LogP contribution is 2.37. The van der Waals surface area contributed by atoms with E-state index in [0.29, 0.717) is 18.0 Å². The molecule has 2 fully saturated rings. The number of likely N-dealkylation sites (tertiary alicyclic amines) is 1. The zero-order valence-corrected chi connectivity index (χ0v) is 13.9. The molecular formula is C12H14Br2N2OS. The number of nitrogens with zero attached hydrogens (tertiary/aromatic N) is 1. The second kappa shape index (κ2) is 4.89. The fourth-order valence-electron chi connectivity index (χ4n) is 3.14. The number of hydrogen-bond acceptors (Lipinski definition) is 3. The lowest BCUT2D eigenvalue weighted by molar-refractivity contribution is 0.0682. The first kappa shape index (κ1) is 13.1. The summed E-state index contributed by atoms with van der Waals surface area (Å²) in [5.74, 6) is 0.789. The summed E-state index contributed by atoms with van der Waals surface area (Å²) >= 11 is 8.47. The van der Waals surface area contributed by atoms with Gasteiger partial charge >= 0.3 is 0 Å². The number of rotatable bonds is 1. The van der Waals surface area contributed by atoms with E-state index in [2.05, 4.69) is 49.0 Å². The van der Waals surface area contributed by atoms with Crippen LogP contribution in [-0.2, 0) is 0 Å². The van der Waals surface area contributed by atoms with Crippen LogP contribution in [0.2, 0.25) is 0 Å². The summed E-state index contributed by atoms with van der Waals surface area (Å²) in [5.41, 5.74) is 0.784. The van der Waals surface area contributed by atoms with Crippen LogP contribution in [0, 0.1) is 5.92 Å². The number of hydrogen-bond donors (Lipinski definition) is 1. The molecule has 2 saturated heterocycles. The van der Waals surface area contributed by atoms with Crippen LogP contribution in [0.5, 0.6) is 0 Å². The van der Waals surface area contributed by atoms with E-state index >= 15 is 0 Å². The lowest BCUT2D eigenvalue weighted by Gasteiger charge is -2.27. The number of amides is 1. The Morgan fingerprint density at radius 2 is 2.28 bits per heavy atom. The molecule has 0 bridgehead atoms. The maximum atomic E-state index is 12.7. The van der Waals surface area contributed by atoms with Crippen LogP contribution < -0.4 is 5.32 Å². The maximum absolute atomic E-state index is 12.7. The van der Waals surface area contributed by atoms with E-state index in [9.17, 15) is 4.79 Å². The third kappa shape index (κ3) is 2.07. The zero-order valence-electron chi connectivity index (χ0n) is 9.95. The molecule has 1 aromatic heterocycles. The van der Waals surface area contributed by atoms with Gasteiger partial charge in [0.05, 0.1) is 13.1 Å². The third-order valence-corrected chi connectivity index (χ3v) is 6.24. The van der Waals surface area contributed by atoms with Gasteiger partial charge in [-0.05, 0) is 57.2 Å². The van der Waals surface area contributed by atoms with Crippen molar-refractivity contribution in [2.45, 2.75) is 25.4 Å². The van der Waals surface area contributed by atoms with Crippen LogP contribution in [-0.4, -0.2) is 36.0 Å². The molecule has 1 N–H and O–H groups in total. The Morgan fingerprint density at radius 1 is 1.50 bits per heavy atom. The quantitative estimate of drug-likeness (QED) is 0.794. The molecule has 0 aliphatic carbocycles. The minimum Gasteiger partial charge on any atom is -0.331 e. The first-order valence-corrected chi connectivity index (χ1v) is 8.46. The molecule has 6 heteroatoms. The van der Waals surface area contributed by atoms with Crippen molar-refractivity contribution in [3.8, 4) is 0 Å². The molecule has 3 rings (SSSR count). The van der Waals surface area contributed by atoms with Gasteiger partial charge < -0.3 is 10.2 Å². The Morgan fingerprint density at radius 3 is 2.94 bits per heavy atom. The first-order valence-electron chi connectivity index (χ1n) is 6.06. The van der Waals surface area contributed by atoms with Crippen molar-refractivity contribution in [1.82, 2.24) is 10.2 Å². The summed E-state index contributed by atoms with van der Waals surface area (Å²) in [7, 11) is 0. The molecule has 0 spiro atoms. The Hall–Kier alpha value is 0.0900. The van der Waals surface area contributed by atoms with Crippen molar-refractivity contribution in [2.24, 2.45) is 5.92 Å².